The molecule has 0 bridgehead atoms. The maximum Gasteiger partial charge on any atom is 0.496 e. The van der Waals surface area contributed by atoms with Crippen molar-refractivity contribution in [1.82, 2.24) is 4.98 Å². The minimum Gasteiger partial charge on any atom is -0.465 e. The predicted molar refractivity (Wildman–Crippen MR) is 101 cm³/mol. The van der Waals surface area contributed by atoms with Crippen LogP contribution in [0.5, 0.6) is 0 Å². The number of esters is 1. The molecule has 1 atom stereocenters. The number of rotatable bonds is 6. The minimum atomic E-state index is -0.439. The molecule has 142 valence electrons. The lowest BCUT2D eigenvalue weighted by molar-refractivity contribution is -0.145. The van der Waals surface area contributed by atoms with Gasteiger partial charge in [-0.25, -0.2) is 0 Å². The Morgan fingerprint density at radius 2 is 1.92 bits per heavy atom. The van der Waals surface area contributed by atoms with E-state index in [4.69, 9.17) is 14.0 Å². The number of carbonyl (C=O) groups excluding carboxylic acids is 1. The van der Waals surface area contributed by atoms with E-state index in [0.717, 1.165) is 23.1 Å². The summed E-state index contributed by atoms with van der Waals surface area (Å²) in [4.78, 5) is 17.0. The van der Waals surface area contributed by atoms with Gasteiger partial charge in [-0.3, -0.25) is 9.78 Å². The van der Waals surface area contributed by atoms with Crippen LogP contribution >= 0.6 is 0 Å². The number of carbonyl (C=O) groups is 1. The number of ether oxygens (including phenoxy) is 1. The summed E-state index contributed by atoms with van der Waals surface area (Å²) < 4.78 is 17.6. The Hall–Kier alpha value is -1.40. The lowest BCUT2D eigenvalue weighted by Gasteiger charge is -2.32. The highest BCUT2D eigenvalue weighted by Gasteiger charge is 2.52. The van der Waals surface area contributed by atoms with E-state index in [1.54, 1.807) is 6.20 Å². The number of pyridine rings is 1. The Morgan fingerprint density at radius 1 is 1.31 bits per heavy atom. The molecule has 1 saturated carbocycles. The largest absolute Gasteiger partial charge is 0.496 e. The normalized spacial score (nSPS) is 22.3. The van der Waals surface area contributed by atoms with Gasteiger partial charge in [0, 0.05) is 11.7 Å². The molecule has 26 heavy (non-hydrogen) atoms. The van der Waals surface area contributed by atoms with Crippen LogP contribution < -0.4 is 5.46 Å². The third-order valence-corrected chi connectivity index (χ3v) is 5.87. The van der Waals surface area contributed by atoms with Gasteiger partial charge in [-0.1, -0.05) is 12.8 Å². The SMILES string of the molecule is CCOC(=O)C(CC1CC1)c1cc(C)c(B2OC(C)(C)C(C)(C)O2)cn1. The maximum atomic E-state index is 12.4. The van der Waals surface area contributed by atoms with Gasteiger partial charge in [-0.05, 0) is 65.5 Å². The number of aromatic nitrogens is 1. The van der Waals surface area contributed by atoms with Gasteiger partial charge in [0.05, 0.1) is 29.4 Å². The first-order chi connectivity index (χ1) is 12.1. The van der Waals surface area contributed by atoms with Gasteiger partial charge < -0.3 is 14.0 Å². The van der Waals surface area contributed by atoms with Gasteiger partial charge in [0.25, 0.3) is 0 Å². The molecule has 1 aliphatic heterocycles. The molecule has 2 aliphatic rings. The van der Waals surface area contributed by atoms with Crippen LogP contribution in [-0.2, 0) is 18.8 Å². The Balaban J connectivity index is 1.83. The van der Waals surface area contributed by atoms with Gasteiger partial charge in [-0.2, -0.15) is 0 Å². The van der Waals surface area contributed by atoms with Crippen LogP contribution in [0, 0.1) is 12.8 Å². The van der Waals surface area contributed by atoms with Crippen molar-refractivity contribution in [3.63, 3.8) is 0 Å². The van der Waals surface area contributed by atoms with Crippen LogP contribution in [-0.4, -0.2) is 35.9 Å². The van der Waals surface area contributed by atoms with Crippen molar-refractivity contribution in [2.75, 3.05) is 6.61 Å². The van der Waals surface area contributed by atoms with Gasteiger partial charge in [0.1, 0.15) is 0 Å². The van der Waals surface area contributed by atoms with Crippen molar-refractivity contribution in [1.29, 1.82) is 0 Å². The van der Waals surface area contributed by atoms with E-state index in [1.807, 2.05) is 47.6 Å². The maximum absolute atomic E-state index is 12.4. The lowest BCUT2D eigenvalue weighted by atomic mass is 9.77. The molecule has 5 nitrogen and oxygen atoms in total. The van der Waals surface area contributed by atoms with Crippen molar-refractivity contribution in [2.45, 2.75) is 77.9 Å². The molecule has 2 heterocycles. The van der Waals surface area contributed by atoms with E-state index >= 15 is 0 Å². The number of hydrogen-bond donors (Lipinski definition) is 0. The molecule has 2 fully saturated rings. The topological polar surface area (TPSA) is 57.7 Å². The summed E-state index contributed by atoms with van der Waals surface area (Å²) in [7, 11) is -0.439. The van der Waals surface area contributed by atoms with Crippen molar-refractivity contribution < 1.29 is 18.8 Å². The van der Waals surface area contributed by atoms with E-state index in [9.17, 15) is 4.79 Å². The number of hydrogen-bond acceptors (Lipinski definition) is 5. The zero-order chi connectivity index (χ0) is 19.1. The first kappa shape index (κ1) is 19.4. The molecular formula is C20H30BNO4. The second-order valence-electron chi connectivity index (χ2n) is 8.54. The molecule has 0 amide bonds. The average Bonchev–Trinajstić information content (AvgIpc) is 3.32. The summed E-state index contributed by atoms with van der Waals surface area (Å²) in [6, 6.07) is 1.99. The summed E-state index contributed by atoms with van der Waals surface area (Å²) in [5.74, 6) is 0.164. The fourth-order valence-corrected chi connectivity index (χ4v) is 3.26. The van der Waals surface area contributed by atoms with Crippen LogP contribution in [0.4, 0.5) is 0 Å². The molecule has 1 unspecified atom stereocenters. The summed E-state index contributed by atoms with van der Waals surface area (Å²) in [5, 5.41) is 0. The molecule has 6 heteroatoms. The van der Waals surface area contributed by atoms with E-state index in [-0.39, 0.29) is 23.1 Å². The molecule has 0 radical (unpaired) electrons. The summed E-state index contributed by atoms with van der Waals surface area (Å²) >= 11 is 0. The molecule has 1 aromatic heterocycles. The lowest BCUT2D eigenvalue weighted by Crippen LogP contribution is -2.41. The third-order valence-electron chi connectivity index (χ3n) is 5.87. The first-order valence-corrected chi connectivity index (χ1v) is 9.63. The third kappa shape index (κ3) is 3.81. The highest BCUT2D eigenvalue weighted by atomic mass is 16.7. The highest BCUT2D eigenvalue weighted by molar-refractivity contribution is 6.62. The van der Waals surface area contributed by atoms with Gasteiger partial charge >= 0.3 is 13.1 Å². The molecule has 1 aromatic rings. The molecule has 0 spiro atoms. The summed E-state index contributed by atoms with van der Waals surface area (Å²) in [6.07, 6.45) is 5.01. The standard InChI is InChI=1S/C20H30BNO4/c1-7-24-18(23)15(11-14-8-9-14)17-10-13(2)16(12-22-17)21-25-19(3,4)20(5,6)26-21/h10,12,14-15H,7-9,11H2,1-6H3. The van der Waals surface area contributed by atoms with Crippen molar-refractivity contribution in [2.24, 2.45) is 5.92 Å². The van der Waals surface area contributed by atoms with Crippen LogP contribution in [0.15, 0.2) is 12.3 Å². The minimum absolute atomic E-state index is 0.172. The van der Waals surface area contributed by atoms with Crippen molar-refractivity contribution in [3.05, 3.63) is 23.5 Å². The Morgan fingerprint density at radius 3 is 2.42 bits per heavy atom. The second kappa shape index (κ2) is 6.97. The summed E-state index contributed by atoms with van der Waals surface area (Å²) in [5.41, 5.74) is 1.96. The zero-order valence-electron chi connectivity index (χ0n) is 16.8. The van der Waals surface area contributed by atoms with Crippen molar-refractivity contribution in [3.8, 4) is 0 Å². The van der Waals surface area contributed by atoms with E-state index in [1.165, 1.54) is 12.8 Å². The average molecular weight is 359 g/mol. The van der Waals surface area contributed by atoms with Crippen LogP contribution in [0.3, 0.4) is 0 Å². The molecular weight excluding hydrogens is 329 g/mol. The Labute approximate surface area is 157 Å². The smallest absolute Gasteiger partial charge is 0.465 e. The van der Waals surface area contributed by atoms with Crippen LogP contribution in [0.1, 0.15) is 71.1 Å². The van der Waals surface area contributed by atoms with Crippen LogP contribution in [0.25, 0.3) is 0 Å². The van der Waals surface area contributed by atoms with Gasteiger partial charge in [-0.15, -0.1) is 0 Å². The highest BCUT2D eigenvalue weighted by Crippen LogP contribution is 2.39. The Bertz CT molecular complexity index is 668. The monoisotopic (exact) mass is 359 g/mol. The summed E-state index contributed by atoms with van der Waals surface area (Å²) in [6.45, 7) is 12.4. The Kier molecular flexibility index (Phi) is 5.19. The second-order valence-corrected chi connectivity index (χ2v) is 8.54. The fraction of sp³-hybridized carbons (Fsp3) is 0.700. The van der Waals surface area contributed by atoms with E-state index in [0.29, 0.717) is 12.5 Å². The quantitative estimate of drug-likeness (QED) is 0.577. The van der Waals surface area contributed by atoms with Crippen LogP contribution in [0.2, 0.25) is 0 Å². The first-order valence-electron chi connectivity index (χ1n) is 9.63. The molecule has 1 aliphatic carbocycles. The number of aryl methyl sites for hydroxylation is 1. The zero-order valence-corrected chi connectivity index (χ0v) is 16.8. The van der Waals surface area contributed by atoms with E-state index in [2.05, 4.69) is 4.98 Å². The predicted octanol–water partition coefficient (Wildman–Crippen LogP) is 3.14. The van der Waals surface area contributed by atoms with E-state index < -0.39 is 7.12 Å². The molecule has 0 N–H and O–H groups in total. The van der Waals surface area contributed by atoms with Gasteiger partial charge in [0.2, 0.25) is 0 Å². The number of nitrogens with zero attached hydrogens (tertiary/aromatic N) is 1. The van der Waals surface area contributed by atoms with Gasteiger partial charge in [0.15, 0.2) is 0 Å². The molecule has 1 saturated heterocycles. The molecule has 3 rings (SSSR count). The van der Waals surface area contributed by atoms with Crippen molar-refractivity contribution >= 4 is 18.6 Å². The molecule has 0 aromatic carbocycles. The fourth-order valence-electron chi connectivity index (χ4n) is 3.26.